The lowest BCUT2D eigenvalue weighted by Gasteiger charge is -2.42. The van der Waals surface area contributed by atoms with Gasteiger partial charge in [-0.1, -0.05) is 6.92 Å². The molecule has 1 N–H and O–H groups in total. The number of hydrogen-bond acceptors (Lipinski definition) is 3. The van der Waals surface area contributed by atoms with Gasteiger partial charge in [-0.3, -0.25) is 14.5 Å². The number of nitrogens with zero attached hydrogens (tertiary/aromatic N) is 1. The van der Waals surface area contributed by atoms with Crippen LogP contribution in [0.2, 0.25) is 0 Å². The van der Waals surface area contributed by atoms with Gasteiger partial charge in [0.1, 0.15) is 23.1 Å². The van der Waals surface area contributed by atoms with Crippen molar-refractivity contribution in [3.63, 3.8) is 0 Å². The molecule has 114 valence electrons. The van der Waals surface area contributed by atoms with Crippen molar-refractivity contribution < 1.29 is 18.7 Å². The van der Waals surface area contributed by atoms with Crippen LogP contribution in [0.15, 0.2) is 18.2 Å². The summed E-state index contributed by atoms with van der Waals surface area (Å²) in [5, 5.41) is 2.71. The standard InChI is InChI=1S/C15H19FN2O3/c1-5-10-13(19)17-15(2,3)14(20)18(10)11-7-6-9(16)8-12(11)21-4/h6-8,10H,5H2,1-4H3,(H,17,19). The Balaban J connectivity index is 2.57. The minimum atomic E-state index is -1.01. The van der Waals surface area contributed by atoms with Gasteiger partial charge < -0.3 is 10.1 Å². The molecule has 1 fully saturated rings. The second-order valence-corrected chi connectivity index (χ2v) is 5.53. The average Bonchev–Trinajstić information content (AvgIpc) is 2.42. The van der Waals surface area contributed by atoms with E-state index in [0.29, 0.717) is 12.1 Å². The van der Waals surface area contributed by atoms with Crippen LogP contribution in [0, 0.1) is 5.82 Å². The summed E-state index contributed by atoms with van der Waals surface area (Å²) in [7, 11) is 1.40. The van der Waals surface area contributed by atoms with E-state index in [1.165, 1.54) is 30.2 Å². The molecule has 0 bridgehead atoms. The average molecular weight is 294 g/mol. The molecule has 2 amide bonds. The first-order valence-corrected chi connectivity index (χ1v) is 6.81. The molecule has 0 aromatic heterocycles. The lowest BCUT2D eigenvalue weighted by atomic mass is 9.95. The van der Waals surface area contributed by atoms with Crippen molar-refractivity contribution in [2.45, 2.75) is 38.8 Å². The summed E-state index contributed by atoms with van der Waals surface area (Å²) in [6, 6.07) is 3.28. The molecule has 1 aliphatic heterocycles. The number of nitrogens with one attached hydrogen (secondary N) is 1. The largest absolute Gasteiger partial charge is 0.494 e. The molecule has 1 saturated heterocycles. The highest BCUT2D eigenvalue weighted by Crippen LogP contribution is 2.34. The Morgan fingerprint density at radius 2 is 2.05 bits per heavy atom. The fraction of sp³-hybridized carbons (Fsp3) is 0.467. The van der Waals surface area contributed by atoms with Gasteiger partial charge in [-0.2, -0.15) is 0 Å². The van der Waals surface area contributed by atoms with Crippen LogP contribution in [0.25, 0.3) is 0 Å². The van der Waals surface area contributed by atoms with Crippen LogP contribution in [0.4, 0.5) is 10.1 Å². The number of carbonyl (C=O) groups is 2. The minimum absolute atomic E-state index is 0.228. The Kier molecular flexibility index (Phi) is 3.89. The van der Waals surface area contributed by atoms with E-state index in [-0.39, 0.29) is 17.6 Å². The van der Waals surface area contributed by atoms with Crippen LogP contribution in [0.5, 0.6) is 5.75 Å². The van der Waals surface area contributed by atoms with E-state index < -0.39 is 17.4 Å². The third kappa shape index (κ3) is 2.57. The van der Waals surface area contributed by atoms with E-state index in [9.17, 15) is 14.0 Å². The smallest absolute Gasteiger partial charge is 0.253 e. The van der Waals surface area contributed by atoms with Gasteiger partial charge in [0.25, 0.3) is 5.91 Å². The Hall–Kier alpha value is -2.11. The molecular formula is C15H19FN2O3. The molecule has 0 saturated carbocycles. The maximum atomic E-state index is 13.3. The van der Waals surface area contributed by atoms with Crippen LogP contribution in [-0.2, 0) is 9.59 Å². The van der Waals surface area contributed by atoms with Crippen LogP contribution in [0.3, 0.4) is 0 Å². The zero-order chi connectivity index (χ0) is 15.8. The monoisotopic (exact) mass is 294 g/mol. The molecule has 1 atom stereocenters. The van der Waals surface area contributed by atoms with Crippen molar-refractivity contribution in [2.24, 2.45) is 0 Å². The molecule has 0 radical (unpaired) electrons. The number of amides is 2. The third-order valence-corrected chi connectivity index (χ3v) is 3.59. The molecule has 0 aliphatic carbocycles. The van der Waals surface area contributed by atoms with Crippen molar-refractivity contribution in [1.82, 2.24) is 5.32 Å². The SMILES string of the molecule is CCC1C(=O)NC(C)(C)C(=O)N1c1ccc(F)cc1OC. The number of halogens is 1. The number of ether oxygens (including phenoxy) is 1. The van der Waals surface area contributed by atoms with Gasteiger partial charge in [-0.15, -0.1) is 0 Å². The maximum absolute atomic E-state index is 13.3. The molecule has 5 nitrogen and oxygen atoms in total. The molecule has 1 unspecified atom stereocenters. The van der Waals surface area contributed by atoms with E-state index in [2.05, 4.69) is 5.32 Å². The van der Waals surface area contributed by atoms with Gasteiger partial charge in [-0.25, -0.2) is 4.39 Å². The van der Waals surface area contributed by atoms with Crippen LogP contribution >= 0.6 is 0 Å². The fourth-order valence-corrected chi connectivity index (χ4v) is 2.50. The number of rotatable bonds is 3. The second kappa shape index (κ2) is 5.35. The number of piperazine rings is 1. The van der Waals surface area contributed by atoms with E-state index >= 15 is 0 Å². The molecule has 1 aromatic carbocycles. The molecule has 0 spiro atoms. The summed E-state index contributed by atoms with van der Waals surface area (Å²) in [5.74, 6) is -0.712. The van der Waals surface area contributed by atoms with Gasteiger partial charge in [0.05, 0.1) is 12.8 Å². The Bertz CT molecular complexity index is 586. The molecule has 6 heteroatoms. The Labute approximate surface area is 123 Å². The predicted octanol–water partition coefficient (Wildman–Crippen LogP) is 1.85. The molecule has 2 rings (SSSR count). The highest BCUT2D eigenvalue weighted by atomic mass is 19.1. The number of anilines is 1. The normalized spacial score (nSPS) is 21.2. The topological polar surface area (TPSA) is 58.6 Å². The summed E-state index contributed by atoms with van der Waals surface area (Å²) in [6.07, 6.45) is 0.453. The van der Waals surface area contributed by atoms with E-state index in [1.54, 1.807) is 13.8 Å². The number of carbonyl (C=O) groups excluding carboxylic acids is 2. The lowest BCUT2D eigenvalue weighted by Crippen LogP contribution is -2.68. The highest BCUT2D eigenvalue weighted by molar-refractivity contribution is 6.11. The first kappa shape index (κ1) is 15.3. The zero-order valence-corrected chi connectivity index (χ0v) is 12.6. The van der Waals surface area contributed by atoms with Crippen LogP contribution in [0.1, 0.15) is 27.2 Å². The first-order chi connectivity index (χ1) is 9.81. The van der Waals surface area contributed by atoms with Crippen molar-refractivity contribution in [3.8, 4) is 5.75 Å². The highest BCUT2D eigenvalue weighted by Gasteiger charge is 2.46. The summed E-state index contributed by atoms with van der Waals surface area (Å²) >= 11 is 0. The number of methoxy groups -OCH3 is 1. The van der Waals surface area contributed by atoms with Crippen LogP contribution in [-0.4, -0.2) is 30.5 Å². The van der Waals surface area contributed by atoms with Crippen molar-refractivity contribution in [2.75, 3.05) is 12.0 Å². The van der Waals surface area contributed by atoms with Crippen molar-refractivity contribution in [1.29, 1.82) is 0 Å². The Morgan fingerprint density at radius 3 is 2.62 bits per heavy atom. The summed E-state index contributed by atoms with van der Waals surface area (Å²) in [6.45, 7) is 5.10. The number of hydrogen-bond donors (Lipinski definition) is 1. The van der Waals surface area contributed by atoms with Crippen LogP contribution < -0.4 is 15.0 Å². The minimum Gasteiger partial charge on any atom is -0.494 e. The molecular weight excluding hydrogens is 275 g/mol. The van der Waals surface area contributed by atoms with Gasteiger partial charge in [-0.05, 0) is 32.4 Å². The predicted molar refractivity (Wildman–Crippen MR) is 76.7 cm³/mol. The molecule has 1 aromatic rings. The quantitative estimate of drug-likeness (QED) is 0.925. The second-order valence-electron chi connectivity index (χ2n) is 5.53. The number of benzene rings is 1. The van der Waals surface area contributed by atoms with E-state index in [0.717, 1.165) is 0 Å². The van der Waals surface area contributed by atoms with Crippen molar-refractivity contribution in [3.05, 3.63) is 24.0 Å². The Morgan fingerprint density at radius 1 is 1.38 bits per heavy atom. The first-order valence-electron chi connectivity index (χ1n) is 6.81. The maximum Gasteiger partial charge on any atom is 0.253 e. The van der Waals surface area contributed by atoms with Gasteiger partial charge >= 0.3 is 0 Å². The fourth-order valence-electron chi connectivity index (χ4n) is 2.50. The lowest BCUT2D eigenvalue weighted by molar-refractivity contribution is -0.137. The summed E-state index contributed by atoms with van der Waals surface area (Å²) < 4.78 is 18.5. The summed E-state index contributed by atoms with van der Waals surface area (Å²) in [5.41, 5.74) is -0.610. The zero-order valence-electron chi connectivity index (χ0n) is 12.6. The van der Waals surface area contributed by atoms with Crippen molar-refractivity contribution >= 4 is 17.5 Å². The van der Waals surface area contributed by atoms with E-state index in [4.69, 9.17) is 4.74 Å². The van der Waals surface area contributed by atoms with Gasteiger partial charge in [0.15, 0.2) is 0 Å². The van der Waals surface area contributed by atoms with E-state index in [1.807, 2.05) is 6.92 Å². The van der Waals surface area contributed by atoms with Gasteiger partial charge in [0.2, 0.25) is 5.91 Å². The molecule has 1 heterocycles. The summed E-state index contributed by atoms with van der Waals surface area (Å²) in [4.78, 5) is 26.3. The molecule has 21 heavy (non-hydrogen) atoms. The van der Waals surface area contributed by atoms with Gasteiger partial charge in [0, 0.05) is 6.07 Å². The molecule has 1 aliphatic rings. The third-order valence-electron chi connectivity index (χ3n) is 3.59.